The SMILES string of the molecule is C=CI.c1ccncc1. The van der Waals surface area contributed by atoms with E-state index in [0.717, 1.165) is 0 Å². The molecule has 0 aliphatic heterocycles. The number of rotatable bonds is 0. The molecule has 0 radical (unpaired) electrons. The molecule has 0 unspecified atom stereocenters. The summed E-state index contributed by atoms with van der Waals surface area (Å²) >= 11 is 2.05. The van der Waals surface area contributed by atoms with Gasteiger partial charge >= 0.3 is 0 Å². The van der Waals surface area contributed by atoms with Crippen molar-refractivity contribution < 1.29 is 0 Å². The van der Waals surface area contributed by atoms with Crippen molar-refractivity contribution in [2.24, 2.45) is 0 Å². The summed E-state index contributed by atoms with van der Waals surface area (Å²) in [5, 5.41) is 0. The maximum Gasteiger partial charge on any atom is 0.0267 e. The second kappa shape index (κ2) is 7.62. The Morgan fingerprint density at radius 1 is 1.22 bits per heavy atom. The van der Waals surface area contributed by atoms with Crippen LogP contribution in [0.3, 0.4) is 0 Å². The average molecular weight is 233 g/mol. The standard InChI is InChI=1S/C5H5N.C2H3I/c1-2-4-6-5-3-1;1-2-3/h1-5H;2H,1H2. The van der Waals surface area contributed by atoms with Gasteiger partial charge in [0.25, 0.3) is 0 Å². The highest BCUT2D eigenvalue weighted by Gasteiger charge is 1.58. The molecule has 1 rings (SSSR count). The summed E-state index contributed by atoms with van der Waals surface area (Å²) in [5.41, 5.74) is 0. The van der Waals surface area contributed by atoms with Crippen molar-refractivity contribution in [2.75, 3.05) is 0 Å². The van der Waals surface area contributed by atoms with Crippen LogP contribution in [0.1, 0.15) is 0 Å². The minimum atomic E-state index is 1.72. The van der Waals surface area contributed by atoms with Crippen LogP contribution in [0.5, 0.6) is 0 Å². The zero-order chi connectivity index (χ0) is 6.95. The Kier molecular flexibility index (Phi) is 7.30. The number of hydrogen-bond donors (Lipinski definition) is 0. The third-order valence-electron chi connectivity index (χ3n) is 0.566. The van der Waals surface area contributed by atoms with Gasteiger partial charge in [-0.05, 0) is 16.2 Å². The molecule has 1 aromatic heterocycles. The van der Waals surface area contributed by atoms with E-state index in [1.807, 2.05) is 18.2 Å². The van der Waals surface area contributed by atoms with E-state index in [2.05, 4.69) is 34.2 Å². The van der Waals surface area contributed by atoms with Crippen molar-refractivity contribution in [1.29, 1.82) is 0 Å². The molecule has 0 fully saturated rings. The molecule has 2 heteroatoms. The minimum absolute atomic E-state index is 1.72. The van der Waals surface area contributed by atoms with Gasteiger partial charge in [0.05, 0.1) is 0 Å². The zero-order valence-corrected chi connectivity index (χ0v) is 7.15. The molecule has 48 valence electrons. The molecule has 1 heterocycles. The van der Waals surface area contributed by atoms with Crippen LogP contribution in [0, 0.1) is 0 Å². The van der Waals surface area contributed by atoms with Crippen molar-refractivity contribution in [3.63, 3.8) is 0 Å². The fraction of sp³-hybridized carbons (Fsp3) is 0. The Labute approximate surface area is 69.0 Å². The first-order valence-electron chi connectivity index (χ1n) is 2.48. The molecular formula is C7H8IN. The van der Waals surface area contributed by atoms with Crippen LogP contribution in [-0.2, 0) is 0 Å². The normalized spacial score (nSPS) is 6.78. The molecule has 0 aromatic carbocycles. The van der Waals surface area contributed by atoms with Crippen LogP contribution in [0.4, 0.5) is 0 Å². The number of aromatic nitrogens is 1. The van der Waals surface area contributed by atoms with E-state index in [0.29, 0.717) is 0 Å². The van der Waals surface area contributed by atoms with Gasteiger partial charge in [0, 0.05) is 12.4 Å². The van der Waals surface area contributed by atoms with E-state index in [-0.39, 0.29) is 0 Å². The van der Waals surface area contributed by atoms with Crippen molar-refractivity contribution in [3.05, 3.63) is 41.3 Å². The molecule has 0 spiro atoms. The molecule has 0 saturated heterocycles. The lowest BCUT2D eigenvalue weighted by Crippen LogP contribution is -1.58. The van der Waals surface area contributed by atoms with Gasteiger partial charge < -0.3 is 0 Å². The molecule has 1 nitrogen and oxygen atoms in total. The highest BCUT2D eigenvalue weighted by Crippen LogP contribution is 1.73. The Hall–Kier alpha value is -0.380. The predicted molar refractivity (Wildman–Crippen MR) is 48.5 cm³/mol. The number of nitrogens with zero attached hydrogens (tertiary/aromatic N) is 1. The van der Waals surface area contributed by atoms with Gasteiger partial charge in [0.1, 0.15) is 0 Å². The minimum Gasteiger partial charge on any atom is -0.265 e. The lowest BCUT2D eigenvalue weighted by Gasteiger charge is -1.70. The van der Waals surface area contributed by atoms with Crippen LogP contribution in [0.15, 0.2) is 41.3 Å². The smallest absolute Gasteiger partial charge is 0.0267 e. The lowest BCUT2D eigenvalue weighted by atomic mass is 10.5. The van der Waals surface area contributed by atoms with E-state index in [4.69, 9.17) is 0 Å². The third kappa shape index (κ3) is 7.62. The van der Waals surface area contributed by atoms with Gasteiger partial charge in [0.2, 0.25) is 0 Å². The summed E-state index contributed by atoms with van der Waals surface area (Å²) in [6.45, 7) is 3.35. The van der Waals surface area contributed by atoms with E-state index in [1.54, 1.807) is 16.5 Å². The van der Waals surface area contributed by atoms with Gasteiger partial charge in [-0.1, -0.05) is 35.2 Å². The Bertz CT molecular complexity index is 112. The summed E-state index contributed by atoms with van der Waals surface area (Å²) in [6.07, 6.45) is 3.50. The molecule has 0 aliphatic rings. The second-order valence-corrected chi connectivity index (χ2v) is 2.06. The Morgan fingerprint density at radius 3 is 1.78 bits per heavy atom. The molecule has 0 amide bonds. The van der Waals surface area contributed by atoms with Crippen LogP contribution >= 0.6 is 22.6 Å². The zero-order valence-electron chi connectivity index (χ0n) is 5.00. The molecule has 0 aliphatic carbocycles. The summed E-state index contributed by atoms with van der Waals surface area (Å²) in [5.74, 6) is 0. The van der Waals surface area contributed by atoms with Crippen LogP contribution in [-0.4, -0.2) is 4.98 Å². The van der Waals surface area contributed by atoms with Crippen LogP contribution in [0.25, 0.3) is 0 Å². The number of halogens is 1. The maximum absolute atomic E-state index is 3.78. The predicted octanol–water partition coefficient (Wildman–Crippen LogP) is 2.65. The first-order chi connectivity index (χ1) is 4.41. The summed E-state index contributed by atoms with van der Waals surface area (Å²) < 4.78 is 1.72. The highest BCUT2D eigenvalue weighted by atomic mass is 127. The molecule has 9 heavy (non-hydrogen) atoms. The molecular weight excluding hydrogens is 225 g/mol. The Balaban J connectivity index is 0.000000187. The van der Waals surface area contributed by atoms with Gasteiger partial charge in [0.15, 0.2) is 0 Å². The van der Waals surface area contributed by atoms with E-state index >= 15 is 0 Å². The number of hydrogen-bond acceptors (Lipinski definition) is 1. The van der Waals surface area contributed by atoms with Crippen LogP contribution in [0.2, 0.25) is 0 Å². The molecule has 0 saturated carbocycles. The van der Waals surface area contributed by atoms with Crippen molar-refractivity contribution in [1.82, 2.24) is 4.98 Å². The quantitative estimate of drug-likeness (QED) is 0.627. The summed E-state index contributed by atoms with van der Waals surface area (Å²) in [6, 6.07) is 5.72. The summed E-state index contributed by atoms with van der Waals surface area (Å²) in [7, 11) is 0. The fourth-order valence-electron chi connectivity index (χ4n) is 0.313. The topological polar surface area (TPSA) is 12.9 Å². The lowest BCUT2D eigenvalue weighted by molar-refractivity contribution is 1.33. The van der Waals surface area contributed by atoms with E-state index < -0.39 is 0 Å². The van der Waals surface area contributed by atoms with Gasteiger partial charge in [-0.3, -0.25) is 4.98 Å². The molecule has 0 bridgehead atoms. The fourth-order valence-corrected chi connectivity index (χ4v) is 0.313. The molecule has 0 N–H and O–H groups in total. The largest absolute Gasteiger partial charge is 0.265 e. The Morgan fingerprint density at radius 2 is 1.67 bits per heavy atom. The molecule has 1 aromatic rings. The second-order valence-electron chi connectivity index (χ2n) is 1.18. The van der Waals surface area contributed by atoms with Crippen molar-refractivity contribution in [2.45, 2.75) is 0 Å². The average Bonchev–Trinajstić information content (AvgIpc) is 1.93. The van der Waals surface area contributed by atoms with Crippen molar-refractivity contribution >= 4 is 22.6 Å². The molecule has 0 atom stereocenters. The first-order valence-corrected chi connectivity index (χ1v) is 3.72. The van der Waals surface area contributed by atoms with E-state index in [1.165, 1.54) is 0 Å². The number of pyridine rings is 1. The van der Waals surface area contributed by atoms with Gasteiger partial charge in [-0.25, -0.2) is 0 Å². The van der Waals surface area contributed by atoms with E-state index in [9.17, 15) is 0 Å². The third-order valence-corrected chi connectivity index (χ3v) is 0.566. The highest BCUT2D eigenvalue weighted by molar-refractivity contribution is 14.1. The van der Waals surface area contributed by atoms with Gasteiger partial charge in [-0.15, -0.1) is 0 Å². The van der Waals surface area contributed by atoms with Gasteiger partial charge in [-0.2, -0.15) is 0 Å². The summed E-state index contributed by atoms with van der Waals surface area (Å²) in [4.78, 5) is 3.78. The van der Waals surface area contributed by atoms with Crippen molar-refractivity contribution in [3.8, 4) is 0 Å². The monoisotopic (exact) mass is 233 g/mol. The van der Waals surface area contributed by atoms with Crippen LogP contribution < -0.4 is 0 Å². The first kappa shape index (κ1) is 8.62. The maximum atomic E-state index is 3.78.